The van der Waals surface area contributed by atoms with Crippen molar-refractivity contribution in [2.45, 2.75) is 19.3 Å². The molecular formula is C18H26N4O2. The van der Waals surface area contributed by atoms with E-state index in [0.717, 1.165) is 49.8 Å². The van der Waals surface area contributed by atoms with Gasteiger partial charge < -0.3 is 20.3 Å². The second kappa shape index (κ2) is 8.15. The molecule has 0 unspecified atom stereocenters. The van der Waals surface area contributed by atoms with E-state index in [9.17, 15) is 4.79 Å². The van der Waals surface area contributed by atoms with E-state index in [1.165, 1.54) is 0 Å². The van der Waals surface area contributed by atoms with Crippen molar-refractivity contribution in [3.05, 3.63) is 29.8 Å². The van der Waals surface area contributed by atoms with Gasteiger partial charge in [-0.1, -0.05) is 18.2 Å². The van der Waals surface area contributed by atoms with Gasteiger partial charge in [0.15, 0.2) is 5.96 Å². The first-order valence-corrected chi connectivity index (χ1v) is 8.68. The van der Waals surface area contributed by atoms with Crippen LogP contribution in [-0.4, -0.2) is 51.8 Å². The lowest BCUT2D eigenvalue weighted by Gasteiger charge is -2.23. The lowest BCUT2D eigenvalue weighted by atomic mass is 10.0. The monoisotopic (exact) mass is 330 g/mol. The predicted molar refractivity (Wildman–Crippen MR) is 95.4 cm³/mol. The van der Waals surface area contributed by atoms with Crippen LogP contribution in [0, 0.1) is 5.92 Å². The summed E-state index contributed by atoms with van der Waals surface area (Å²) >= 11 is 0. The minimum Gasteiger partial charge on any atom is -0.381 e. The fraction of sp³-hybridized carbons (Fsp3) is 0.556. The number of para-hydroxylation sites is 1. The number of aliphatic imine (C=N–C) groups is 1. The number of hydrogen-bond donors (Lipinski definition) is 2. The standard InChI is InChI=1S/C18H26N4O2/c1-19-18(21-13-14-6-10-24-11-7-14)20-8-9-22-16-5-3-2-4-15(16)12-17(22)23/h2-5,14H,6-13H2,1H3,(H2,19,20,21). The Morgan fingerprint density at radius 3 is 2.88 bits per heavy atom. The largest absolute Gasteiger partial charge is 0.381 e. The molecule has 6 heteroatoms. The van der Waals surface area contributed by atoms with Gasteiger partial charge in [-0.15, -0.1) is 0 Å². The first-order chi connectivity index (χ1) is 11.8. The van der Waals surface area contributed by atoms with Crippen LogP contribution in [0.3, 0.4) is 0 Å². The van der Waals surface area contributed by atoms with E-state index >= 15 is 0 Å². The van der Waals surface area contributed by atoms with Crippen LogP contribution in [0.25, 0.3) is 0 Å². The van der Waals surface area contributed by atoms with Gasteiger partial charge in [-0.05, 0) is 30.4 Å². The summed E-state index contributed by atoms with van der Waals surface area (Å²) in [7, 11) is 1.77. The summed E-state index contributed by atoms with van der Waals surface area (Å²) in [5.41, 5.74) is 2.15. The smallest absolute Gasteiger partial charge is 0.231 e. The van der Waals surface area contributed by atoms with Crippen molar-refractivity contribution in [3.63, 3.8) is 0 Å². The molecule has 0 saturated carbocycles. The van der Waals surface area contributed by atoms with E-state index in [1.54, 1.807) is 7.05 Å². The third kappa shape index (κ3) is 4.06. The average molecular weight is 330 g/mol. The number of anilines is 1. The highest BCUT2D eigenvalue weighted by Gasteiger charge is 2.26. The number of guanidine groups is 1. The van der Waals surface area contributed by atoms with E-state index < -0.39 is 0 Å². The molecule has 0 aliphatic carbocycles. The van der Waals surface area contributed by atoms with Gasteiger partial charge in [-0.2, -0.15) is 0 Å². The highest BCUT2D eigenvalue weighted by atomic mass is 16.5. The van der Waals surface area contributed by atoms with Crippen molar-refractivity contribution in [2.75, 3.05) is 44.8 Å². The number of rotatable bonds is 5. The lowest BCUT2D eigenvalue weighted by molar-refractivity contribution is -0.117. The van der Waals surface area contributed by atoms with Crippen LogP contribution < -0.4 is 15.5 Å². The van der Waals surface area contributed by atoms with Crippen molar-refractivity contribution in [2.24, 2.45) is 10.9 Å². The summed E-state index contributed by atoms with van der Waals surface area (Å²) in [5.74, 6) is 1.61. The van der Waals surface area contributed by atoms with Gasteiger partial charge in [0.2, 0.25) is 5.91 Å². The molecule has 0 aromatic heterocycles. The van der Waals surface area contributed by atoms with Crippen LogP contribution in [0.1, 0.15) is 18.4 Å². The molecular weight excluding hydrogens is 304 g/mol. The minimum atomic E-state index is 0.170. The maximum Gasteiger partial charge on any atom is 0.231 e. The van der Waals surface area contributed by atoms with E-state index in [2.05, 4.69) is 15.6 Å². The fourth-order valence-electron chi connectivity index (χ4n) is 3.26. The highest BCUT2D eigenvalue weighted by molar-refractivity contribution is 6.01. The van der Waals surface area contributed by atoms with Crippen molar-refractivity contribution in [3.8, 4) is 0 Å². The number of amides is 1. The van der Waals surface area contributed by atoms with E-state index in [1.807, 2.05) is 29.2 Å². The van der Waals surface area contributed by atoms with E-state index in [-0.39, 0.29) is 5.91 Å². The van der Waals surface area contributed by atoms with Crippen molar-refractivity contribution in [1.29, 1.82) is 0 Å². The van der Waals surface area contributed by atoms with Crippen LogP contribution >= 0.6 is 0 Å². The van der Waals surface area contributed by atoms with Gasteiger partial charge >= 0.3 is 0 Å². The van der Waals surface area contributed by atoms with Gasteiger partial charge in [0.05, 0.1) is 6.42 Å². The normalized spacial score (nSPS) is 18.6. The molecule has 0 bridgehead atoms. The van der Waals surface area contributed by atoms with Gasteiger partial charge in [0.1, 0.15) is 0 Å². The average Bonchev–Trinajstić information content (AvgIpc) is 2.94. The number of nitrogens with one attached hydrogen (secondary N) is 2. The molecule has 3 rings (SSSR count). The van der Waals surface area contributed by atoms with Gasteiger partial charge in [-0.3, -0.25) is 9.79 Å². The summed E-state index contributed by atoms with van der Waals surface area (Å²) in [4.78, 5) is 18.3. The Kier molecular flexibility index (Phi) is 5.69. The summed E-state index contributed by atoms with van der Waals surface area (Å²) < 4.78 is 5.38. The second-order valence-electron chi connectivity index (χ2n) is 6.29. The Balaban J connectivity index is 1.44. The Morgan fingerprint density at radius 1 is 1.29 bits per heavy atom. The quantitative estimate of drug-likeness (QED) is 0.628. The van der Waals surface area contributed by atoms with Crippen molar-refractivity contribution < 1.29 is 9.53 Å². The number of fused-ring (bicyclic) bond motifs is 1. The Morgan fingerprint density at radius 2 is 2.08 bits per heavy atom. The van der Waals surface area contributed by atoms with Crippen LogP contribution in [0.15, 0.2) is 29.3 Å². The fourth-order valence-corrected chi connectivity index (χ4v) is 3.26. The van der Waals surface area contributed by atoms with Crippen LogP contribution in [-0.2, 0) is 16.0 Å². The number of carbonyl (C=O) groups excluding carboxylic acids is 1. The second-order valence-corrected chi connectivity index (χ2v) is 6.29. The predicted octanol–water partition coefficient (Wildman–Crippen LogP) is 1.17. The van der Waals surface area contributed by atoms with Gasteiger partial charge in [0, 0.05) is 45.6 Å². The number of hydrogen-bond acceptors (Lipinski definition) is 3. The van der Waals surface area contributed by atoms with Gasteiger partial charge in [0.25, 0.3) is 0 Å². The lowest BCUT2D eigenvalue weighted by Crippen LogP contribution is -2.44. The molecule has 2 aliphatic rings. The molecule has 6 nitrogen and oxygen atoms in total. The molecule has 1 fully saturated rings. The molecule has 1 aromatic rings. The Bertz CT molecular complexity index is 596. The number of carbonyl (C=O) groups is 1. The van der Waals surface area contributed by atoms with Crippen LogP contribution in [0.2, 0.25) is 0 Å². The Hall–Kier alpha value is -2.08. The zero-order chi connectivity index (χ0) is 16.8. The highest BCUT2D eigenvalue weighted by Crippen LogP contribution is 2.27. The molecule has 2 N–H and O–H groups in total. The molecule has 1 saturated heterocycles. The van der Waals surface area contributed by atoms with E-state index in [4.69, 9.17) is 4.74 Å². The molecule has 1 aromatic carbocycles. The summed E-state index contributed by atoms with van der Waals surface area (Å²) in [6.45, 7) is 3.94. The number of nitrogens with zero attached hydrogens (tertiary/aromatic N) is 2. The van der Waals surface area contributed by atoms with E-state index in [0.29, 0.717) is 25.4 Å². The number of ether oxygens (including phenoxy) is 1. The number of benzene rings is 1. The van der Waals surface area contributed by atoms with Crippen LogP contribution in [0.4, 0.5) is 5.69 Å². The molecule has 2 aliphatic heterocycles. The van der Waals surface area contributed by atoms with Crippen molar-refractivity contribution >= 4 is 17.6 Å². The first kappa shape index (κ1) is 16.8. The minimum absolute atomic E-state index is 0.170. The van der Waals surface area contributed by atoms with Crippen molar-refractivity contribution in [1.82, 2.24) is 10.6 Å². The van der Waals surface area contributed by atoms with Crippen LogP contribution in [0.5, 0.6) is 0 Å². The zero-order valence-corrected chi connectivity index (χ0v) is 14.3. The zero-order valence-electron chi connectivity index (χ0n) is 14.3. The molecule has 0 spiro atoms. The molecule has 130 valence electrons. The third-order valence-electron chi connectivity index (χ3n) is 4.68. The SMILES string of the molecule is CN=C(NCCN1C(=O)Cc2ccccc21)NCC1CCOCC1. The Labute approximate surface area is 143 Å². The molecule has 0 atom stereocenters. The molecule has 1 amide bonds. The summed E-state index contributed by atoms with van der Waals surface area (Å²) in [6.07, 6.45) is 2.71. The maximum absolute atomic E-state index is 12.1. The third-order valence-corrected chi connectivity index (χ3v) is 4.68. The molecule has 24 heavy (non-hydrogen) atoms. The summed E-state index contributed by atoms with van der Waals surface area (Å²) in [6, 6.07) is 8.00. The topological polar surface area (TPSA) is 66.0 Å². The molecule has 2 heterocycles. The summed E-state index contributed by atoms with van der Waals surface area (Å²) in [5, 5.41) is 6.68. The first-order valence-electron chi connectivity index (χ1n) is 8.68. The molecule has 0 radical (unpaired) electrons. The maximum atomic E-state index is 12.1. The van der Waals surface area contributed by atoms with Gasteiger partial charge in [-0.25, -0.2) is 0 Å².